The van der Waals surface area contributed by atoms with Crippen LogP contribution in [-0.4, -0.2) is 23.5 Å². The van der Waals surface area contributed by atoms with Crippen molar-refractivity contribution in [2.24, 2.45) is 5.73 Å². The Balaban J connectivity index is 2.29. The van der Waals surface area contributed by atoms with Gasteiger partial charge in [-0.25, -0.2) is 4.98 Å². The predicted molar refractivity (Wildman–Crippen MR) is 75.7 cm³/mol. The largest absolute Gasteiger partial charge is 0.368 e. The maximum atomic E-state index is 11.2. The fourth-order valence-corrected chi connectivity index (χ4v) is 3.12. The molecule has 18 heavy (non-hydrogen) atoms. The minimum atomic E-state index is -0.359. The number of carbonyl (C=O) groups excluding carboxylic acids is 1. The van der Waals surface area contributed by atoms with E-state index in [2.05, 4.69) is 20.9 Å². The van der Waals surface area contributed by atoms with Crippen molar-refractivity contribution in [3.8, 4) is 0 Å². The van der Waals surface area contributed by atoms with Crippen LogP contribution in [-0.2, 0) is 4.79 Å². The molecule has 6 heteroatoms. The predicted octanol–water partition coefficient (Wildman–Crippen LogP) is 2.73. The molecule has 98 valence electrons. The van der Waals surface area contributed by atoms with Crippen LogP contribution in [0.3, 0.4) is 0 Å². The minimum Gasteiger partial charge on any atom is -0.368 e. The van der Waals surface area contributed by atoms with Crippen LogP contribution in [0.4, 0.5) is 5.82 Å². The number of rotatable bonds is 4. The Morgan fingerprint density at radius 3 is 2.78 bits per heavy atom. The van der Waals surface area contributed by atoms with E-state index in [0.717, 1.165) is 17.3 Å². The van der Waals surface area contributed by atoms with Crippen LogP contribution in [0.15, 0.2) is 16.7 Å². The van der Waals surface area contributed by atoms with Gasteiger partial charge in [-0.3, -0.25) is 4.79 Å². The van der Waals surface area contributed by atoms with Gasteiger partial charge >= 0.3 is 0 Å². The van der Waals surface area contributed by atoms with Crippen molar-refractivity contribution in [1.82, 2.24) is 4.98 Å². The maximum absolute atomic E-state index is 11.2. The number of nitrogens with two attached hydrogens (primary N) is 1. The fraction of sp³-hybridized carbons (Fsp3) is 0.500. The molecule has 1 aromatic heterocycles. The topological polar surface area (TPSA) is 59.2 Å². The summed E-state index contributed by atoms with van der Waals surface area (Å²) in [7, 11) is 0. The van der Waals surface area contributed by atoms with Crippen molar-refractivity contribution in [2.75, 3.05) is 11.4 Å². The first-order chi connectivity index (χ1) is 8.58. The zero-order valence-electron chi connectivity index (χ0n) is 9.90. The Morgan fingerprint density at radius 2 is 2.22 bits per heavy atom. The second-order valence-corrected chi connectivity index (χ2v) is 5.81. The van der Waals surface area contributed by atoms with E-state index in [4.69, 9.17) is 17.3 Å². The summed E-state index contributed by atoms with van der Waals surface area (Å²) in [6.07, 6.45) is 6.15. The number of primary amides is 1. The highest BCUT2D eigenvalue weighted by molar-refractivity contribution is 9.10. The molecule has 0 spiro atoms. The molecule has 0 aromatic carbocycles. The molecule has 0 aliphatic heterocycles. The number of pyridine rings is 1. The number of nitrogens with zero attached hydrogens (tertiary/aromatic N) is 2. The second kappa shape index (κ2) is 5.89. The van der Waals surface area contributed by atoms with E-state index in [1.807, 2.05) is 4.90 Å². The van der Waals surface area contributed by atoms with E-state index in [1.54, 1.807) is 12.3 Å². The summed E-state index contributed by atoms with van der Waals surface area (Å²) in [4.78, 5) is 17.5. The molecule has 1 aliphatic rings. The Bertz CT molecular complexity index is 449. The maximum Gasteiger partial charge on any atom is 0.237 e. The summed E-state index contributed by atoms with van der Waals surface area (Å²) >= 11 is 9.52. The van der Waals surface area contributed by atoms with E-state index in [-0.39, 0.29) is 12.5 Å². The van der Waals surface area contributed by atoms with E-state index < -0.39 is 0 Å². The first kappa shape index (κ1) is 13.6. The molecule has 4 nitrogen and oxygen atoms in total. The summed E-state index contributed by atoms with van der Waals surface area (Å²) in [6, 6.07) is 2.09. The molecule has 0 unspecified atom stereocenters. The number of anilines is 1. The van der Waals surface area contributed by atoms with Gasteiger partial charge in [-0.1, -0.05) is 24.4 Å². The standard InChI is InChI=1S/C12H15BrClN3O/c13-8-5-10(14)12(16-6-8)17(7-11(15)18)9-3-1-2-4-9/h5-6,9H,1-4,7H2,(H2,15,18). The zero-order valence-corrected chi connectivity index (χ0v) is 12.2. The van der Waals surface area contributed by atoms with Crippen LogP contribution >= 0.6 is 27.5 Å². The Kier molecular flexibility index (Phi) is 4.45. The lowest BCUT2D eigenvalue weighted by atomic mass is 10.2. The number of aromatic nitrogens is 1. The molecule has 1 saturated carbocycles. The molecular weight excluding hydrogens is 318 g/mol. The molecule has 2 rings (SSSR count). The number of hydrogen-bond donors (Lipinski definition) is 1. The van der Waals surface area contributed by atoms with Crippen molar-refractivity contribution in [3.05, 3.63) is 21.8 Å². The van der Waals surface area contributed by atoms with Gasteiger partial charge in [-0.2, -0.15) is 0 Å². The number of hydrogen-bond acceptors (Lipinski definition) is 3. The Morgan fingerprint density at radius 1 is 1.56 bits per heavy atom. The first-order valence-electron chi connectivity index (χ1n) is 5.94. The molecule has 1 fully saturated rings. The fourth-order valence-electron chi connectivity index (χ4n) is 2.38. The van der Waals surface area contributed by atoms with Crippen molar-refractivity contribution >= 4 is 39.3 Å². The summed E-state index contributed by atoms with van der Waals surface area (Å²) in [5.74, 6) is 0.285. The van der Waals surface area contributed by atoms with Gasteiger partial charge in [0.2, 0.25) is 5.91 Å². The van der Waals surface area contributed by atoms with Gasteiger partial charge in [0.25, 0.3) is 0 Å². The van der Waals surface area contributed by atoms with E-state index >= 15 is 0 Å². The van der Waals surface area contributed by atoms with Crippen LogP contribution in [0.2, 0.25) is 5.02 Å². The van der Waals surface area contributed by atoms with Crippen molar-refractivity contribution in [3.63, 3.8) is 0 Å². The minimum absolute atomic E-state index is 0.166. The van der Waals surface area contributed by atoms with Crippen LogP contribution in [0.5, 0.6) is 0 Å². The molecular formula is C12H15BrClN3O. The van der Waals surface area contributed by atoms with Gasteiger partial charge in [0, 0.05) is 16.7 Å². The Hall–Kier alpha value is -0.810. The third-order valence-electron chi connectivity index (χ3n) is 3.15. The lowest BCUT2D eigenvalue weighted by molar-refractivity contribution is -0.116. The number of carbonyl (C=O) groups is 1. The summed E-state index contributed by atoms with van der Waals surface area (Å²) < 4.78 is 0.821. The molecule has 0 bridgehead atoms. The highest BCUT2D eigenvalue weighted by Gasteiger charge is 2.26. The molecule has 1 heterocycles. The van der Waals surface area contributed by atoms with Crippen LogP contribution < -0.4 is 10.6 Å². The van der Waals surface area contributed by atoms with Crippen molar-refractivity contribution in [1.29, 1.82) is 0 Å². The molecule has 0 saturated heterocycles. The second-order valence-electron chi connectivity index (χ2n) is 4.49. The molecule has 1 amide bonds. The van der Waals surface area contributed by atoms with E-state index in [0.29, 0.717) is 16.9 Å². The van der Waals surface area contributed by atoms with Gasteiger partial charge < -0.3 is 10.6 Å². The smallest absolute Gasteiger partial charge is 0.237 e. The third-order valence-corrected chi connectivity index (χ3v) is 3.86. The molecule has 0 radical (unpaired) electrons. The van der Waals surface area contributed by atoms with Crippen molar-refractivity contribution < 1.29 is 4.79 Å². The van der Waals surface area contributed by atoms with Crippen molar-refractivity contribution in [2.45, 2.75) is 31.7 Å². The molecule has 1 aliphatic carbocycles. The zero-order chi connectivity index (χ0) is 13.1. The highest BCUT2D eigenvalue weighted by atomic mass is 79.9. The number of halogens is 2. The van der Waals surface area contributed by atoms with Gasteiger partial charge in [-0.15, -0.1) is 0 Å². The van der Waals surface area contributed by atoms with Crippen LogP contribution in [0, 0.1) is 0 Å². The summed E-state index contributed by atoms with van der Waals surface area (Å²) in [6.45, 7) is 0.166. The van der Waals surface area contributed by atoms with E-state index in [9.17, 15) is 4.79 Å². The normalized spacial score (nSPS) is 15.9. The molecule has 0 atom stereocenters. The lowest BCUT2D eigenvalue weighted by Crippen LogP contribution is -2.40. The average molecular weight is 333 g/mol. The van der Waals surface area contributed by atoms with Gasteiger partial charge in [-0.05, 0) is 34.8 Å². The van der Waals surface area contributed by atoms with Crippen LogP contribution in [0.1, 0.15) is 25.7 Å². The lowest BCUT2D eigenvalue weighted by Gasteiger charge is -2.29. The monoisotopic (exact) mass is 331 g/mol. The van der Waals surface area contributed by atoms with Crippen LogP contribution in [0.25, 0.3) is 0 Å². The average Bonchev–Trinajstić information content (AvgIpc) is 2.79. The van der Waals surface area contributed by atoms with Gasteiger partial charge in [0.1, 0.15) is 5.82 Å². The SMILES string of the molecule is NC(=O)CN(c1ncc(Br)cc1Cl)C1CCCC1. The van der Waals surface area contributed by atoms with Gasteiger partial charge in [0.15, 0.2) is 0 Å². The quantitative estimate of drug-likeness (QED) is 0.922. The molecule has 1 aromatic rings. The first-order valence-corrected chi connectivity index (χ1v) is 7.11. The van der Waals surface area contributed by atoms with E-state index in [1.165, 1.54) is 12.8 Å². The number of amides is 1. The highest BCUT2D eigenvalue weighted by Crippen LogP contribution is 2.32. The summed E-state index contributed by atoms with van der Waals surface area (Å²) in [5, 5.41) is 0.539. The summed E-state index contributed by atoms with van der Waals surface area (Å²) in [5.41, 5.74) is 5.32. The third kappa shape index (κ3) is 3.14. The van der Waals surface area contributed by atoms with Gasteiger partial charge in [0.05, 0.1) is 11.6 Å². The molecule has 2 N–H and O–H groups in total. The Labute approximate surface area is 120 Å².